The molecule has 2 aromatic carbocycles. The Morgan fingerprint density at radius 2 is 1.68 bits per heavy atom. The molecule has 0 N–H and O–H groups in total. The van der Waals surface area contributed by atoms with Crippen LogP contribution < -0.4 is 0 Å². The van der Waals surface area contributed by atoms with E-state index in [1.54, 1.807) is 18.2 Å². The summed E-state index contributed by atoms with van der Waals surface area (Å²) in [5, 5.41) is 0.851. The smallest absolute Gasteiger partial charge is 0.278 e. The highest BCUT2D eigenvalue weighted by Gasteiger charge is 2.43. The van der Waals surface area contributed by atoms with Crippen molar-refractivity contribution in [3.63, 3.8) is 0 Å². The highest BCUT2D eigenvalue weighted by molar-refractivity contribution is 6.41. The second kappa shape index (κ2) is 7.26. The van der Waals surface area contributed by atoms with Gasteiger partial charge in [-0.2, -0.15) is 0 Å². The zero-order valence-corrected chi connectivity index (χ0v) is 17.2. The molecule has 0 bridgehead atoms. The lowest BCUT2D eigenvalue weighted by Gasteiger charge is -2.31. The van der Waals surface area contributed by atoms with Crippen molar-refractivity contribution >= 4 is 40.6 Å². The van der Waals surface area contributed by atoms with Crippen molar-refractivity contribution in [2.75, 3.05) is 6.54 Å². The average Bonchev–Trinajstić information content (AvgIpc) is 2.92. The minimum Gasteiger partial charge on any atom is -0.362 e. The maximum absolute atomic E-state index is 13.3. The monoisotopic (exact) mass is 414 g/mol. The molecule has 2 heterocycles. The molecule has 0 radical (unpaired) electrons. The van der Waals surface area contributed by atoms with Crippen LogP contribution in [-0.2, 0) is 22.6 Å². The van der Waals surface area contributed by atoms with Gasteiger partial charge >= 0.3 is 0 Å². The van der Waals surface area contributed by atoms with Crippen LogP contribution in [-0.4, -0.2) is 34.2 Å². The second-order valence-electron chi connectivity index (χ2n) is 7.36. The normalized spacial score (nSPS) is 17.0. The lowest BCUT2D eigenvalue weighted by Crippen LogP contribution is -2.40. The Labute approximate surface area is 174 Å². The lowest BCUT2D eigenvalue weighted by atomic mass is 9.98. The summed E-state index contributed by atoms with van der Waals surface area (Å²) in [5.74, 6) is -0.571. The maximum atomic E-state index is 13.3. The van der Waals surface area contributed by atoms with E-state index in [0.29, 0.717) is 40.0 Å². The van der Waals surface area contributed by atoms with E-state index < -0.39 is 0 Å². The van der Waals surface area contributed by atoms with E-state index in [1.165, 1.54) is 16.0 Å². The maximum Gasteiger partial charge on any atom is 0.278 e. The molecule has 0 aliphatic carbocycles. The third-order valence-corrected chi connectivity index (χ3v) is 5.80. The second-order valence-corrected chi connectivity index (χ2v) is 8.21. The first-order valence-corrected chi connectivity index (χ1v) is 10.0. The Bertz CT molecular complexity index is 1010. The molecule has 0 spiro atoms. The summed E-state index contributed by atoms with van der Waals surface area (Å²) < 4.78 is 0. The molecule has 2 aliphatic rings. The lowest BCUT2D eigenvalue weighted by molar-refractivity contribution is -0.139. The van der Waals surface area contributed by atoms with Gasteiger partial charge in [0.2, 0.25) is 0 Å². The molecule has 0 unspecified atom stereocenters. The summed E-state index contributed by atoms with van der Waals surface area (Å²) in [6.07, 6.45) is 0.824. The van der Waals surface area contributed by atoms with E-state index in [0.717, 1.165) is 6.42 Å². The molecule has 0 fully saturated rings. The number of benzene rings is 2. The Balaban J connectivity index is 1.85. The highest BCUT2D eigenvalue weighted by atomic mass is 35.5. The number of nitrogens with zero attached hydrogens (tertiary/aromatic N) is 2. The van der Waals surface area contributed by atoms with Gasteiger partial charge in [0.05, 0.1) is 10.6 Å². The molecular formula is C22H20Cl2N2O2. The van der Waals surface area contributed by atoms with Crippen LogP contribution in [0.5, 0.6) is 0 Å². The quantitative estimate of drug-likeness (QED) is 0.692. The van der Waals surface area contributed by atoms with Crippen molar-refractivity contribution in [3.05, 3.63) is 74.9 Å². The average molecular weight is 415 g/mol. The fraction of sp³-hybridized carbons (Fsp3) is 0.273. The zero-order valence-electron chi connectivity index (χ0n) is 15.7. The van der Waals surface area contributed by atoms with Gasteiger partial charge in [-0.3, -0.25) is 14.5 Å². The van der Waals surface area contributed by atoms with Gasteiger partial charge in [0.15, 0.2) is 0 Å². The SMILES string of the molecule is CC(C)N1C(=O)C(c2ccc(Cl)cc2Cl)=C(N2CCc3ccccc3C2)C1=O. The third-order valence-electron chi connectivity index (χ3n) is 5.25. The standard InChI is InChI=1S/C22H20Cl2N2O2/c1-13(2)26-21(27)19(17-8-7-16(23)11-18(17)24)20(22(26)28)25-10-9-14-5-3-4-6-15(14)12-25/h3-8,11,13H,9-10,12H2,1-2H3. The molecule has 0 saturated heterocycles. The summed E-state index contributed by atoms with van der Waals surface area (Å²) in [6.45, 7) is 4.94. The molecule has 2 aliphatic heterocycles. The first-order valence-electron chi connectivity index (χ1n) is 9.27. The van der Waals surface area contributed by atoms with Crippen LogP contribution in [0.4, 0.5) is 0 Å². The van der Waals surface area contributed by atoms with Crippen LogP contribution in [0.1, 0.15) is 30.5 Å². The number of carbonyl (C=O) groups excluding carboxylic acids is 2. The molecule has 0 aromatic heterocycles. The minimum absolute atomic E-state index is 0.240. The van der Waals surface area contributed by atoms with Gasteiger partial charge in [-0.25, -0.2) is 0 Å². The topological polar surface area (TPSA) is 40.6 Å². The molecule has 6 heteroatoms. The predicted molar refractivity (Wildman–Crippen MR) is 111 cm³/mol. The number of halogens is 2. The van der Waals surface area contributed by atoms with Gasteiger partial charge in [-0.05, 0) is 43.5 Å². The van der Waals surface area contributed by atoms with Crippen LogP contribution >= 0.6 is 23.2 Å². The van der Waals surface area contributed by atoms with E-state index >= 15 is 0 Å². The van der Waals surface area contributed by atoms with Crippen molar-refractivity contribution < 1.29 is 9.59 Å². The number of imide groups is 1. The van der Waals surface area contributed by atoms with Crippen molar-refractivity contribution in [2.24, 2.45) is 0 Å². The van der Waals surface area contributed by atoms with Crippen LogP contribution in [0.25, 0.3) is 5.57 Å². The van der Waals surface area contributed by atoms with E-state index in [1.807, 2.05) is 30.9 Å². The van der Waals surface area contributed by atoms with Crippen molar-refractivity contribution in [1.82, 2.24) is 9.80 Å². The fourth-order valence-corrected chi connectivity index (χ4v) is 4.42. The van der Waals surface area contributed by atoms with Crippen LogP contribution in [0.15, 0.2) is 48.2 Å². The molecule has 4 rings (SSSR count). The van der Waals surface area contributed by atoms with Gasteiger partial charge in [0.1, 0.15) is 5.70 Å². The van der Waals surface area contributed by atoms with Gasteiger partial charge < -0.3 is 4.90 Å². The van der Waals surface area contributed by atoms with Gasteiger partial charge in [-0.1, -0.05) is 53.5 Å². The van der Waals surface area contributed by atoms with Gasteiger partial charge in [0, 0.05) is 29.7 Å². The Hall–Kier alpha value is -2.30. The number of carbonyl (C=O) groups is 2. The number of amides is 2. The summed E-state index contributed by atoms with van der Waals surface area (Å²) in [4.78, 5) is 29.8. The predicted octanol–water partition coefficient (Wildman–Crippen LogP) is 4.54. The van der Waals surface area contributed by atoms with E-state index in [-0.39, 0.29) is 17.9 Å². The zero-order chi connectivity index (χ0) is 20.0. The van der Waals surface area contributed by atoms with Crippen molar-refractivity contribution in [2.45, 2.75) is 32.9 Å². The molecular weight excluding hydrogens is 395 g/mol. The van der Waals surface area contributed by atoms with Crippen LogP contribution in [0.2, 0.25) is 10.0 Å². The minimum atomic E-state index is -0.307. The third kappa shape index (κ3) is 3.11. The van der Waals surface area contributed by atoms with Crippen molar-refractivity contribution in [1.29, 1.82) is 0 Å². The van der Waals surface area contributed by atoms with Crippen molar-refractivity contribution in [3.8, 4) is 0 Å². The van der Waals surface area contributed by atoms with Gasteiger partial charge in [0.25, 0.3) is 11.8 Å². The molecule has 144 valence electrons. The first kappa shape index (κ1) is 19.0. The number of rotatable bonds is 3. The van der Waals surface area contributed by atoms with Crippen LogP contribution in [0, 0.1) is 0 Å². The molecule has 2 amide bonds. The summed E-state index contributed by atoms with van der Waals surface area (Å²) >= 11 is 12.5. The molecule has 0 saturated carbocycles. The summed E-state index contributed by atoms with van der Waals surface area (Å²) in [6, 6.07) is 13.0. The summed E-state index contributed by atoms with van der Waals surface area (Å²) in [7, 11) is 0. The van der Waals surface area contributed by atoms with Gasteiger partial charge in [-0.15, -0.1) is 0 Å². The Kier molecular flexibility index (Phi) is 4.94. The number of fused-ring (bicyclic) bond motifs is 1. The van der Waals surface area contributed by atoms with E-state index in [4.69, 9.17) is 23.2 Å². The Morgan fingerprint density at radius 1 is 0.964 bits per heavy atom. The largest absolute Gasteiger partial charge is 0.362 e. The highest BCUT2D eigenvalue weighted by Crippen LogP contribution is 2.38. The van der Waals surface area contributed by atoms with Crippen LogP contribution in [0.3, 0.4) is 0 Å². The van der Waals surface area contributed by atoms with E-state index in [9.17, 15) is 9.59 Å². The van der Waals surface area contributed by atoms with E-state index in [2.05, 4.69) is 12.1 Å². The molecule has 0 atom stereocenters. The molecule has 2 aromatic rings. The molecule has 4 nitrogen and oxygen atoms in total. The fourth-order valence-electron chi connectivity index (χ4n) is 3.92. The molecule has 28 heavy (non-hydrogen) atoms. The summed E-state index contributed by atoms with van der Waals surface area (Å²) in [5.41, 5.74) is 3.78. The number of hydrogen-bond donors (Lipinski definition) is 0. The number of hydrogen-bond acceptors (Lipinski definition) is 3. The first-order chi connectivity index (χ1) is 13.4. The Morgan fingerprint density at radius 3 is 2.36 bits per heavy atom.